The molecule has 0 nitrogen and oxygen atoms in total. The highest BCUT2D eigenvalue weighted by Crippen LogP contribution is 2.27. The summed E-state index contributed by atoms with van der Waals surface area (Å²) in [6.45, 7) is 3.70. The van der Waals surface area contributed by atoms with E-state index in [0.29, 0.717) is 0 Å². The van der Waals surface area contributed by atoms with Gasteiger partial charge in [0.25, 0.3) is 0 Å². The Morgan fingerprint density at radius 1 is 1.50 bits per heavy atom. The van der Waals surface area contributed by atoms with E-state index in [1.807, 2.05) is 19.6 Å². The van der Waals surface area contributed by atoms with E-state index in [0.717, 1.165) is 0 Å². The minimum atomic E-state index is -1.29. The highest BCUT2D eigenvalue weighted by molar-refractivity contribution is 8.77. The van der Waals surface area contributed by atoms with Gasteiger partial charge in [0.15, 0.2) is 0 Å². The van der Waals surface area contributed by atoms with Crippen molar-refractivity contribution in [1.29, 1.82) is 0 Å². The Morgan fingerprint density at radius 3 is 1.67 bits per heavy atom. The van der Waals surface area contributed by atoms with Gasteiger partial charge >= 0.3 is 0 Å². The minimum absolute atomic E-state index is 1.29. The average molecular weight is 94.6 g/mol. The summed E-state index contributed by atoms with van der Waals surface area (Å²) in [4.78, 5) is 0. The van der Waals surface area contributed by atoms with Crippen LogP contribution in [0, 0.1) is 0 Å². The molecule has 0 aromatic rings. The fourth-order valence-electron chi connectivity index (χ4n) is 0. The summed E-state index contributed by atoms with van der Waals surface area (Å²) in [5.74, 6) is 0. The third-order valence-electron chi connectivity index (χ3n) is 0.508. The van der Waals surface area contributed by atoms with Crippen molar-refractivity contribution >= 4 is 30.4 Å². The zero-order valence-corrected chi connectivity index (χ0v) is 4.96. The van der Waals surface area contributed by atoms with Crippen LogP contribution < -0.4 is 0 Å². The number of hydrogen-bond acceptors (Lipinski definition) is 0. The average Bonchev–Trinajstić information content (AvgIpc) is 1.35. The van der Waals surface area contributed by atoms with Gasteiger partial charge in [-0.15, -0.1) is 0 Å². The van der Waals surface area contributed by atoms with Crippen LogP contribution in [-0.4, -0.2) is 27.1 Å². The van der Waals surface area contributed by atoms with E-state index in [1.54, 1.807) is 0 Å². The maximum absolute atomic E-state index is 5.34. The van der Waals surface area contributed by atoms with Gasteiger partial charge in [-0.05, 0) is 0 Å². The first-order valence-electron chi connectivity index (χ1n) is 1.69. The number of hydrogen-bond donors (Lipinski definition) is 0. The van der Waals surface area contributed by atoms with Gasteiger partial charge in [0.2, 0.25) is 0 Å². The largest absolute Gasteiger partial charge is 0.361 e. The zero-order chi connectivity index (χ0) is 5.21. The molecule has 6 heavy (non-hydrogen) atoms. The monoisotopic (exact) mass is 95.0 g/mol. The van der Waals surface area contributed by atoms with E-state index < -0.39 is 9.58 Å². The summed E-state index contributed by atoms with van der Waals surface area (Å²) >= 11 is 0. The topological polar surface area (TPSA) is 0 Å². The fraction of sp³-hybridized carbons (Fsp3) is 1.00. The first-order chi connectivity index (χ1) is 2.56. The maximum atomic E-state index is 5.34. The molecule has 0 bridgehead atoms. The van der Waals surface area contributed by atoms with Gasteiger partial charge in [0.1, 0.15) is 20.8 Å². The molecule has 4 heteroatoms. The van der Waals surface area contributed by atoms with Crippen LogP contribution in [0.15, 0.2) is 0 Å². The lowest BCUT2D eigenvalue weighted by Crippen LogP contribution is -2.00. The molecule has 0 N–H and O–H groups in total. The number of rotatable bonds is 1. The third kappa shape index (κ3) is 4.54. The maximum Gasteiger partial charge on any atom is 0.145 e. The second kappa shape index (κ2) is 2.01. The van der Waals surface area contributed by atoms with Gasteiger partial charge in [-0.2, -0.15) is 0 Å². The normalized spacial score (nSPS) is 13.7. The van der Waals surface area contributed by atoms with E-state index in [9.17, 15) is 0 Å². The lowest BCUT2D eigenvalue weighted by molar-refractivity contribution is 2.35. The van der Waals surface area contributed by atoms with Crippen molar-refractivity contribution in [2.75, 3.05) is 6.26 Å². The smallest absolute Gasteiger partial charge is 0.145 e. The van der Waals surface area contributed by atoms with Crippen LogP contribution in [0.2, 0.25) is 6.82 Å². The molecule has 0 spiro atoms. The van der Waals surface area contributed by atoms with Gasteiger partial charge in [0, 0.05) is 0 Å². The molecule has 0 aliphatic rings. The van der Waals surface area contributed by atoms with Crippen LogP contribution in [0.25, 0.3) is 0 Å². The van der Waals surface area contributed by atoms with Crippen molar-refractivity contribution in [2.45, 2.75) is 6.82 Å². The molecule has 0 aromatic heterocycles. The lowest BCUT2D eigenvalue weighted by Gasteiger charge is -2.21. The predicted molar refractivity (Wildman–Crippen MR) is 36.6 cm³/mol. The summed E-state index contributed by atoms with van der Waals surface area (Å²) in [5.41, 5.74) is 0. The van der Waals surface area contributed by atoms with Crippen LogP contribution in [0.1, 0.15) is 0 Å². The van der Waals surface area contributed by atoms with E-state index in [1.165, 1.54) is 0 Å². The lowest BCUT2D eigenvalue weighted by atomic mass is 10.2. The van der Waals surface area contributed by atoms with E-state index in [2.05, 4.69) is 0 Å². The second-order valence-electron chi connectivity index (χ2n) is 1.35. The zero-order valence-electron chi connectivity index (χ0n) is 4.14. The fourth-order valence-corrected chi connectivity index (χ4v) is 0. The summed E-state index contributed by atoms with van der Waals surface area (Å²) < 4.78 is 0. The van der Waals surface area contributed by atoms with Crippen molar-refractivity contribution in [3.63, 3.8) is 0 Å². The summed E-state index contributed by atoms with van der Waals surface area (Å²) in [5, 5.41) is 0. The van der Waals surface area contributed by atoms with Gasteiger partial charge in [-0.3, -0.25) is 0 Å². The van der Waals surface area contributed by atoms with Crippen LogP contribution in [-0.2, 0) is 0 Å². The van der Waals surface area contributed by atoms with Crippen molar-refractivity contribution in [2.24, 2.45) is 0 Å². The molecule has 0 amide bonds. The first kappa shape index (κ1) is 6.54. The summed E-state index contributed by atoms with van der Waals surface area (Å²) in [6, 6.07) is 0. The standard InChI is InChI=1S/C2H6B3S/c1-5-6(2,3)4/h1-2H3. The second-order valence-corrected chi connectivity index (χ2v) is 4.05. The Hall–Kier alpha value is 0.545. The van der Waals surface area contributed by atoms with Gasteiger partial charge in [0.05, 0.1) is 0 Å². The molecule has 0 aromatic carbocycles. The van der Waals surface area contributed by atoms with Crippen molar-refractivity contribution in [3.05, 3.63) is 0 Å². The predicted octanol–water partition coefficient (Wildman–Crippen LogP) is 0.255. The highest BCUT2D eigenvalue weighted by Gasteiger charge is 1.97. The molecule has 0 unspecified atom stereocenters. The molecule has 0 fully saturated rings. The molecule has 0 saturated carbocycles. The molecular weight excluding hydrogens is 88.5 g/mol. The highest BCUT2D eigenvalue weighted by atomic mass is 32.3. The Bertz CT molecular complexity index is 38.5. The van der Waals surface area contributed by atoms with Crippen molar-refractivity contribution in [1.82, 2.24) is 0 Å². The van der Waals surface area contributed by atoms with Crippen molar-refractivity contribution < 1.29 is 0 Å². The molecule has 29 valence electrons. The molecule has 0 atom stereocenters. The van der Waals surface area contributed by atoms with E-state index in [4.69, 9.17) is 14.2 Å². The molecule has 0 heterocycles. The van der Waals surface area contributed by atoms with Crippen LogP contribution in [0.3, 0.4) is 0 Å². The SMILES string of the molecule is [B]S([B])(C)[B]C. The summed E-state index contributed by atoms with van der Waals surface area (Å²) in [7, 11) is 9.39. The van der Waals surface area contributed by atoms with Crippen LogP contribution in [0.5, 0.6) is 0 Å². The molecule has 5 radical (unpaired) electrons. The summed E-state index contributed by atoms with van der Waals surface area (Å²) in [6.07, 6.45) is 1.83. The Labute approximate surface area is 44.1 Å². The van der Waals surface area contributed by atoms with Gasteiger partial charge in [-0.25, -0.2) is 0 Å². The molecular formula is C2H6B3S. The Balaban J connectivity index is 3.17. The van der Waals surface area contributed by atoms with Crippen LogP contribution >= 0.6 is 9.58 Å². The van der Waals surface area contributed by atoms with Crippen LogP contribution in [0.4, 0.5) is 0 Å². The van der Waals surface area contributed by atoms with Crippen molar-refractivity contribution in [3.8, 4) is 0 Å². The minimum Gasteiger partial charge on any atom is -0.361 e. The van der Waals surface area contributed by atoms with Gasteiger partial charge in [-0.1, -0.05) is 13.1 Å². The van der Waals surface area contributed by atoms with E-state index >= 15 is 0 Å². The quantitative estimate of drug-likeness (QED) is 0.409. The Morgan fingerprint density at radius 2 is 1.67 bits per heavy atom. The first-order valence-corrected chi connectivity index (χ1v) is 3.92. The Kier molecular flexibility index (Phi) is 2.19. The van der Waals surface area contributed by atoms with Gasteiger partial charge < -0.3 is 9.58 Å². The molecule has 0 rings (SSSR count). The molecule has 0 aliphatic carbocycles. The molecule has 0 aliphatic heterocycles. The third-order valence-corrected chi connectivity index (χ3v) is 1.52. The van der Waals surface area contributed by atoms with E-state index in [-0.39, 0.29) is 0 Å². The molecule has 0 saturated heterocycles.